The largest absolute Gasteiger partial charge is 0.375 e. The van der Waals surface area contributed by atoms with Crippen LogP contribution in [0.1, 0.15) is 30.1 Å². The van der Waals surface area contributed by atoms with E-state index in [1.165, 1.54) is 12.4 Å². The minimum Gasteiger partial charge on any atom is -0.375 e. The summed E-state index contributed by atoms with van der Waals surface area (Å²) in [6.45, 7) is 2.88. The molecule has 0 saturated carbocycles. The van der Waals surface area contributed by atoms with Crippen LogP contribution in [0, 0.1) is 0 Å². The van der Waals surface area contributed by atoms with E-state index in [0.717, 1.165) is 12.2 Å². The SMILES string of the molecule is CCN(C)c1ccc(C(=O)NC2=C(F)C=CC3(Nc4ccncn4)OC23C2=NN=CCC2)cc1. The van der Waals surface area contributed by atoms with Crippen LogP contribution in [-0.4, -0.2) is 52.7 Å². The summed E-state index contributed by atoms with van der Waals surface area (Å²) in [5.74, 6) is -0.563. The molecule has 1 saturated heterocycles. The Kier molecular flexibility index (Phi) is 5.45. The third-order valence-electron chi connectivity index (χ3n) is 6.21. The van der Waals surface area contributed by atoms with Gasteiger partial charge in [0.15, 0.2) is 0 Å². The zero-order valence-electron chi connectivity index (χ0n) is 18.8. The number of amides is 1. The van der Waals surface area contributed by atoms with Crippen LogP contribution < -0.4 is 15.5 Å². The van der Waals surface area contributed by atoms with Gasteiger partial charge in [0.05, 0.1) is 11.4 Å². The van der Waals surface area contributed by atoms with E-state index in [2.05, 4.69) is 35.7 Å². The van der Waals surface area contributed by atoms with Gasteiger partial charge in [-0.3, -0.25) is 4.79 Å². The molecule has 2 N–H and O–H groups in total. The molecule has 1 aromatic heterocycles. The molecule has 0 bridgehead atoms. The fourth-order valence-corrected chi connectivity index (χ4v) is 4.22. The van der Waals surface area contributed by atoms with Crippen molar-refractivity contribution in [2.45, 2.75) is 31.1 Å². The van der Waals surface area contributed by atoms with Gasteiger partial charge >= 0.3 is 0 Å². The van der Waals surface area contributed by atoms with Gasteiger partial charge in [0, 0.05) is 37.3 Å². The molecular weight excluding hydrogens is 437 g/mol. The molecule has 2 unspecified atom stereocenters. The number of rotatable bonds is 7. The Morgan fingerprint density at radius 3 is 2.76 bits per heavy atom. The summed E-state index contributed by atoms with van der Waals surface area (Å²) in [5, 5.41) is 14.2. The van der Waals surface area contributed by atoms with Gasteiger partial charge in [-0.2, -0.15) is 10.2 Å². The Labute approximate surface area is 196 Å². The quantitative estimate of drug-likeness (QED) is 0.613. The van der Waals surface area contributed by atoms with E-state index in [1.807, 2.05) is 26.1 Å². The van der Waals surface area contributed by atoms with Crippen molar-refractivity contribution in [2.24, 2.45) is 10.2 Å². The zero-order valence-corrected chi connectivity index (χ0v) is 18.8. The first-order chi connectivity index (χ1) is 16.5. The standard InChI is InChI=1S/C24H24FN7O2/c1-3-32(2)17-8-6-16(7-9-17)22(33)29-21-18(25)10-12-23(30-20-11-14-26-15-27-20)24(21,34-23)19-5-4-13-28-31-19/h6-15H,3-5H2,1-2H3,(H,29,33)(H,26,27,30). The van der Waals surface area contributed by atoms with Crippen molar-refractivity contribution >= 4 is 29.3 Å². The summed E-state index contributed by atoms with van der Waals surface area (Å²) in [4.78, 5) is 23.3. The van der Waals surface area contributed by atoms with Crippen molar-refractivity contribution in [3.63, 3.8) is 0 Å². The molecule has 34 heavy (non-hydrogen) atoms. The molecular formula is C24H24FN7O2. The Bertz CT molecular complexity index is 1230. The van der Waals surface area contributed by atoms with Crippen LogP contribution in [-0.2, 0) is 4.74 Å². The summed E-state index contributed by atoms with van der Waals surface area (Å²) in [6.07, 6.45) is 8.67. The number of allylic oxidation sites excluding steroid dienone is 2. The van der Waals surface area contributed by atoms with Crippen LogP contribution in [0.15, 0.2) is 76.7 Å². The molecule has 10 heteroatoms. The average molecular weight is 462 g/mol. The molecule has 2 atom stereocenters. The minimum atomic E-state index is -1.35. The fraction of sp³-hybridized carbons (Fsp3) is 0.292. The minimum absolute atomic E-state index is 0.00726. The lowest BCUT2D eigenvalue weighted by Gasteiger charge is -2.26. The number of hydrogen-bond acceptors (Lipinski definition) is 8. The smallest absolute Gasteiger partial charge is 0.255 e. The molecule has 9 nitrogen and oxygen atoms in total. The molecule has 2 aromatic rings. The normalized spacial score (nSPS) is 24.9. The van der Waals surface area contributed by atoms with E-state index in [4.69, 9.17) is 4.74 Å². The number of nitrogens with one attached hydrogen (secondary N) is 2. The van der Waals surface area contributed by atoms with Crippen molar-refractivity contribution in [1.82, 2.24) is 15.3 Å². The summed E-state index contributed by atoms with van der Waals surface area (Å²) in [5.41, 5.74) is -0.629. The predicted molar refractivity (Wildman–Crippen MR) is 127 cm³/mol. The van der Waals surface area contributed by atoms with Crippen LogP contribution >= 0.6 is 0 Å². The van der Waals surface area contributed by atoms with E-state index in [1.54, 1.807) is 36.7 Å². The second-order valence-electron chi connectivity index (χ2n) is 8.19. The highest BCUT2D eigenvalue weighted by Crippen LogP contribution is 2.58. The van der Waals surface area contributed by atoms with Gasteiger partial charge < -0.3 is 20.3 Å². The summed E-state index contributed by atoms with van der Waals surface area (Å²) in [6, 6.07) is 8.81. The molecule has 174 valence electrons. The van der Waals surface area contributed by atoms with Gasteiger partial charge in [-0.25, -0.2) is 14.4 Å². The van der Waals surface area contributed by atoms with E-state index in [9.17, 15) is 4.79 Å². The lowest BCUT2D eigenvalue weighted by Crippen LogP contribution is -2.47. The molecule has 1 amide bonds. The van der Waals surface area contributed by atoms with E-state index in [-0.39, 0.29) is 5.70 Å². The van der Waals surface area contributed by atoms with Crippen molar-refractivity contribution in [3.05, 3.63) is 72.1 Å². The first-order valence-electron chi connectivity index (χ1n) is 11.0. The number of halogens is 1. The van der Waals surface area contributed by atoms with Crippen LogP contribution in [0.25, 0.3) is 0 Å². The number of anilines is 2. The lowest BCUT2D eigenvalue weighted by molar-refractivity contribution is 0.0959. The van der Waals surface area contributed by atoms with Gasteiger partial charge in [0.1, 0.15) is 18.0 Å². The van der Waals surface area contributed by atoms with Crippen molar-refractivity contribution < 1.29 is 13.9 Å². The number of nitrogens with zero attached hydrogens (tertiary/aromatic N) is 5. The summed E-state index contributed by atoms with van der Waals surface area (Å²) in [7, 11) is 1.97. The Balaban J connectivity index is 1.48. The van der Waals surface area contributed by atoms with Crippen LogP contribution in [0.4, 0.5) is 15.9 Å². The highest BCUT2D eigenvalue weighted by atomic mass is 19.1. The molecule has 0 radical (unpaired) electrons. The number of benzene rings is 1. The third kappa shape index (κ3) is 3.56. The van der Waals surface area contributed by atoms with Gasteiger partial charge in [-0.15, -0.1) is 0 Å². The zero-order chi connectivity index (χ0) is 23.8. The molecule has 5 rings (SSSR count). The molecule has 1 aromatic carbocycles. The number of fused-ring (bicyclic) bond motifs is 1. The molecule has 1 fully saturated rings. The lowest BCUT2D eigenvalue weighted by atomic mass is 9.84. The van der Waals surface area contributed by atoms with Crippen LogP contribution in [0.3, 0.4) is 0 Å². The number of carbonyl (C=O) groups is 1. The van der Waals surface area contributed by atoms with Gasteiger partial charge in [-0.05, 0) is 62.2 Å². The highest BCUT2D eigenvalue weighted by molar-refractivity contribution is 6.05. The van der Waals surface area contributed by atoms with Crippen molar-refractivity contribution in [3.8, 4) is 0 Å². The van der Waals surface area contributed by atoms with E-state index in [0.29, 0.717) is 29.9 Å². The maximum atomic E-state index is 15.3. The van der Waals surface area contributed by atoms with Crippen molar-refractivity contribution in [2.75, 3.05) is 23.8 Å². The van der Waals surface area contributed by atoms with Crippen LogP contribution in [0.5, 0.6) is 0 Å². The van der Waals surface area contributed by atoms with Gasteiger partial charge in [0.2, 0.25) is 11.3 Å². The van der Waals surface area contributed by atoms with E-state index >= 15 is 4.39 Å². The first-order valence-corrected chi connectivity index (χ1v) is 11.0. The number of carbonyl (C=O) groups excluding carboxylic acids is 1. The predicted octanol–water partition coefficient (Wildman–Crippen LogP) is 3.21. The van der Waals surface area contributed by atoms with Crippen molar-refractivity contribution in [1.29, 1.82) is 0 Å². The van der Waals surface area contributed by atoms with Gasteiger partial charge in [-0.1, -0.05) is 0 Å². The maximum Gasteiger partial charge on any atom is 0.255 e. The fourth-order valence-electron chi connectivity index (χ4n) is 4.22. The summed E-state index contributed by atoms with van der Waals surface area (Å²) < 4.78 is 21.5. The number of aromatic nitrogens is 2. The number of hydrogen-bond donors (Lipinski definition) is 2. The highest BCUT2D eigenvalue weighted by Gasteiger charge is 2.76. The molecule has 1 aliphatic carbocycles. The molecule has 2 aliphatic heterocycles. The Morgan fingerprint density at radius 1 is 1.26 bits per heavy atom. The second kappa shape index (κ2) is 8.45. The maximum absolute atomic E-state index is 15.3. The monoisotopic (exact) mass is 461 g/mol. The first kappa shape index (κ1) is 21.9. The summed E-state index contributed by atoms with van der Waals surface area (Å²) >= 11 is 0. The number of epoxide rings is 1. The topological polar surface area (TPSA) is 107 Å². The van der Waals surface area contributed by atoms with E-state index < -0.39 is 23.1 Å². The van der Waals surface area contributed by atoms with Crippen LogP contribution in [0.2, 0.25) is 0 Å². The Morgan fingerprint density at radius 2 is 2.09 bits per heavy atom. The third-order valence-corrected chi connectivity index (χ3v) is 6.21. The number of ether oxygens (including phenoxy) is 1. The van der Waals surface area contributed by atoms with Gasteiger partial charge in [0.25, 0.3) is 5.91 Å². The molecule has 3 aliphatic rings. The Hall–Kier alpha value is -3.92. The average Bonchev–Trinajstić information content (AvgIpc) is 3.56. The second-order valence-corrected chi connectivity index (χ2v) is 8.19. The molecule has 3 heterocycles. The molecule has 0 spiro atoms.